The van der Waals surface area contributed by atoms with Crippen molar-refractivity contribution in [2.45, 2.75) is 44.6 Å². The van der Waals surface area contributed by atoms with Crippen LogP contribution in [0.2, 0.25) is 0 Å². The first-order valence-electron chi connectivity index (χ1n) is 10.6. The average Bonchev–Trinajstić information content (AvgIpc) is 3.26. The highest BCUT2D eigenvalue weighted by Gasteiger charge is 2.27. The number of carbonyl (C=O) groups is 2. The van der Waals surface area contributed by atoms with E-state index in [0.717, 1.165) is 17.8 Å². The van der Waals surface area contributed by atoms with E-state index >= 15 is 0 Å². The van der Waals surface area contributed by atoms with E-state index in [2.05, 4.69) is 32.6 Å². The van der Waals surface area contributed by atoms with Gasteiger partial charge in [0.25, 0.3) is 5.91 Å². The van der Waals surface area contributed by atoms with Crippen molar-refractivity contribution < 1.29 is 19.4 Å². The molecular weight excluding hydrogens is 428 g/mol. The minimum absolute atomic E-state index is 0.0477. The molecule has 0 atom stereocenters. The van der Waals surface area contributed by atoms with Gasteiger partial charge in [0, 0.05) is 18.7 Å². The molecule has 1 aromatic carbocycles. The summed E-state index contributed by atoms with van der Waals surface area (Å²) in [6, 6.07) is 13.5. The lowest BCUT2D eigenvalue weighted by atomic mass is 9.87. The summed E-state index contributed by atoms with van der Waals surface area (Å²) in [6.07, 6.45) is 5.63. The lowest BCUT2D eigenvalue weighted by Crippen LogP contribution is -2.28. The number of carboxylic acid groups (broad SMARTS) is 1. The van der Waals surface area contributed by atoms with Crippen LogP contribution in [0.25, 0.3) is 0 Å². The molecule has 1 aliphatic carbocycles. The van der Waals surface area contributed by atoms with E-state index in [4.69, 9.17) is 9.84 Å². The normalized spacial score (nSPS) is 18.1. The third-order valence-electron chi connectivity index (χ3n) is 5.47. The number of hydrogen-bond donors (Lipinski definition) is 2. The predicted octanol–water partition coefficient (Wildman–Crippen LogP) is 3.99. The number of aryl methyl sites for hydroxylation is 2. The van der Waals surface area contributed by atoms with Gasteiger partial charge in [0.1, 0.15) is 11.1 Å². The van der Waals surface area contributed by atoms with Gasteiger partial charge in [-0.3, -0.25) is 14.9 Å². The summed E-state index contributed by atoms with van der Waals surface area (Å²) in [6.45, 7) is 0. The largest absolute Gasteiger partial charge is 0.481 e. The fourth-order valence-corrected chi connectivity index (χ4v) is 4.39. The Labute approximate surface area is 189 Å². The van der Waals surface area contributed by atoms with E-state index in [-0.39, 0.29) is 17.9 Å². The third kappa shape index (κ3) is 5.88. The van der Waals surface area contributed by atoms with E-state index in [1.807, 2.05) is 18.2 Å². The first kappa shape index (κ1) is 21.9. The Bertz CT molecular complexity index is 1050. The molecule has 1 fully saturated rings. The Morgan fingerprint density at radius 3 is 2.50 bits per heavy atom. The van der Waals surface area contributed by atoms with Gasteiger partial charge >= 0.3 is 5.97 Å². The van der Waals surface area contributed by atoms with Gasteiger partial charge in [-0.1, -0.05) is 41.7 Å². The number of nitrogens with zero attached hydrogens (tertiary/aromatic N) is 3. The number of pyridine rings is 1. The van der Waals surface area contributed by atoms with Crippen LogP contribution in [-0.2, 0) is 17.6 Å². The van der Waals surface area contributed by atoms with Crippen molar-refractivity contribution in [1.29, 1.82) is 0 Å². The summed E-state index contributed by atoms with van der Waals surface area (Å²) < 4.78 is 5.85. The maximum absolute atomic E-state index is 12.5. The summed E-state index contributed by atoms with van der Waals surface area (Å²) in [5.74, 6) is -0.903. The van der Waals surface area contributed by atoms with E-state index in [1.54, 1.807) is 12.1 Å². The fourth-order valence-electron chi connectivity index (χ4n) is 3.65. The van der Waals surface area contributed by atoms with Crippen LogP contribution in [0.5, 0.6) is 5.88 Å². The van der Waals surface area contributed by atoms with E-state index in [9.17, 15) is 9.59 Å². The molecule has 0 spiro atoms. The Hall–Kier alpha value is -3.33. The van der Waals surface area contributed by atoms with Crippen molar-refractivity contribution >= 4 is 28.3 Å². The minimum atomic E-state index is -0.740. The molecule has 9 heteroatoms. The van der Waals surface area contributed by atoms with Crippen LogP contribution in [0.15, 0.2) is 48.7 Å². The maximum atomic E-state index is 12.5. The molecule has 0 unspecified atom stereocenters. The molecule has 32 heavy (non-hydrogen) atoms. The van der Waals surface area contributed by atoms with Gasteiger partial charge < -0.3 is 9.84 Å². The summed E-state index contributed by atoms with van der Waals surface area (Å²) >= 11 is 1.36. The lowest BCUT2D eigenvalue weighted by Gasteiger charge is -2.26. The van der Waals surface area contributed by atoms with Crippen molar-refractivity contribution in [3.63, 3.8) is 0 Å². The fraction of sp³-hybridized carbons (Fsp3) is 0.348. The molecule has 3 aromatic rings. The highest BCUT2D eigenvalue weighted by molar-refractivity contribution is 7.15. The minimum Gasteiger partial charge on any atom is -0.481 e. The van der Waals surface area contributed by atoms with E-state index < -0.39 is 5.97 Å². The third-order valence-corrected chi connectivity index (χ3v) is 6.37. The molecule has 2 N–H and O–H groups in total. The van der Waals surface area contributed by atoms with Crippen molar-refractivity contribution in [2.24, 2.45) is 5.92 Å². The van der Waals surface area contributed by atoms with Crippen molar-refractivity contribution in [3.8, 4) is 5.88 Å². The first-order chi connectivity index (χ1) is 15.6. The van der Waals surface area contributed by atoms with Gasteiger partial charge in [0.15, 0.2) is 0 Å². The molecule has 0 radical (unpaired) electrons. The monoisotopic (exact) mass is 452 g/mol. The molecule has 8 nitrogen and oxygen atoms in total. The number of ether oxygens (including phenoxy) is 1. The van der Waals surface area contributed by atoms with Crippen molar-refractivity contribution in [2.75, 3.05) is 5.32 Å². The van der Waals surface area contributed by atoms with Gasteiger partial charge in [-0.15, -0.1) is 10.2 Å². The highest BCUT2D eigenvalue weighted by Crippen LogP contribution is 2.27. The summed E-state index contributed by atoms with van der Waals surface area (Å²) in [7, 11) is 0. The molecular formula is C23H24N4O4S. The zero-order valence-electron chi connectivity index (χ0n) is 17.4. The molecule has 1 amide bonds. The Morgan fingerprint density at radius 2 is 1.81 bits per heavy atom. The zero-order valence-corrected chi connectivity index (χ0v) is 18.3. The molecule has 2 heterocycles. The van der Waals surface area contributed by atoms with Crippen LogP contribution in [0.4, 0.5) is 5.13 Å². The van der Waals surface area contributed by atoms with Crippen molar-refractivity contribution in [1.82, 2.24) is 15.2 Å². The number of hydrogen-bond acceptors (Lipinski definition) is 7. The molecule has 166 valence electrons. The van der Waals surface area contributed by atoms with Gasteiger partial charge in [0.05, 0.1) is 11.5 Å². The van der Waals surface area contributed by atoms with Gasteiger partial charge in [-0.2, -0.15) is 0 Å². The molecule has 1 aliphatic rings. The van der Waals surface area contributed by atoms with Crippen LogP contribution in [0.3, 0.4) is 0 Å². The number of aromatic nitrogens is 3. The Balaban J connectivity index is 1.26. The second kappa shape index (κ2) is 10.3. The smallest absolute Gasteiger partial charge is 0.306 e. The number of aliphatic carboxylic acids is 1. The summed E-state index contributed by atoms with van der Waals surface area (Å²) in [5, 5.41) is 21.4. The SMILES string of the molecule is O=C(Nc1nnc(CCc2ccccc2)s1)c1ccc(OC2CCC(C(=O)O)CC2)nc1. The standard InChI is InChI=1S/C23H24N4O4S/c28-21(25-23-27-26-20(32-23)13-6-15-4-2-1-3-5-15)17-9-12-19(24-14-17)31-18-10-7-16(8-11-18)22(29)30/h1-5,9,12,14,16,18H,6-8,10-11,13H2,(H,29,30)(H,25,27,28). The molecule has 0 aliphatic heterocycles. The number of rotatable bonds is 8. The summed E-state index contributed by atoms with van der Waals surface area (Å²) in [4.78, 5) is 27.8. The number of anilines is 1. The highest BCUT2D eigenvalue weighted by atomic mass is 32.1. The van der Waals surface area contributed by atoms with Crippen LogP contribution >= 0.6 is 11.3 Å². The van der Waals surface area contributed by atoms with Crippen molar-refractivity contribution in [3.05, 3.63) is 64.8 Å². The van der Waals surface area contributed by atoms with Crippen LogP contribution in [0, 0.1) is 5.92 Å². The zero-order chi connectivity index (χ0) is 22.3. The molecule has 0 bridgehead atoms. The number of amides is 1. The van der Waals surface area contributed by atoms with E-state index in [1.165, 1.54) is 23.1 Å². The van der Waals surface area contributed by atoms with Crippen LogP contribution in [0.1, 0.15) is 46.6 Å². The Morgan fingerprint density at radius 1 is 1.03 bits per heavy atom. The molecule has 0 saturated heterocycles. The number of benzene rings is 1. The summed E-state index contributed by atoms with van der Waals surface area (Å²) in [5.41, 5.74) is 1.63. The lowest BCUT2D eigenvalue weighted by molar-refractivity contribution is -0.143. The number of carbonyl (C=O) groups excluding carboxylic acids is 1. The topological polar surface area (TPSA) is 114 Å². The second-order valence-corrected chi connectivity index (χ2v) is 8.82. The average molecular weight is 453 g/mol. The first-order valence-corrected chi connectivity index (χ1v) is 11.4. The molecule has 1 saturated carbocycles. The maximum Gasteiger partial charge on any atom is 0.306 e. The second-order valence-electron chi connectivity index (χ2n) is 7.76. The van der Waals surface area contributed by atoms with Crippen LogP contribution in [-0.4, -0.2) is 38.3 Å². The number of nitrogens with one attached hydrogen (secondary N) is 1. The van der Waals surface area contributed by atoms with E-state index in [0.29, 0.717) is 42.3 Å². The quantitative estimate of drug-likeness (QED) is 0.531. The molecule has 2 aromatic heterocycles. The number of carboxylic acids is 1. The van der Waals surface area contributed by atoms with Gasteiger partial charge in [-0.25, -0.2) is 4.98 Å². The van der Waals surface area contributed by atoms with Gasteiger partial charge in [-0.05, 0) is 43.7 Å². The van der Waals surface area contributed by atoms with Gasteiger partial charge in [0.2, 0.25) is 11.0 Å². The molecule has 4 rings (SSSR count). The Kier molecular flexibility index (Phi) is 7.06. The van der Waals surface area contributed by atoms with Crippen LogP contribution < -0.4 is 10.1 Å². The predicted molar refractivity (Wildman–Crippen MR) is 120 cm³/mol.